The SMILES string of the molecule is CCOCCCNC(=NC)NCCCn1cnc2ccccc21. The molecular weight excluding hydrogens is 290 g/mol. The molecule has 0 unspecified atom stereocenters. The highest BCUT2D eigenvalue weighted by Gasteiger charge is 2.01. The molecular formula is C17H27N5O. The first kappa shape index (κ1) is 17.3. The molecule has 6 heteroatoms. The van der Waals surface area contributed by atoms with E-state index in [0.717, 1.165) is 57.2 Å². The number of aryl methyl sites for hydroxylation is 1. The highest BCUT2D eigenvalue weighted by molar-refractivity contribution is 5.79. The van der Waals surface area contributed by atoms with E-state index in [9.17, 15) is 0 Å². The minimum atomic E-state index is 0.774. The van der Waals surface area contributed by atoms with Crippen molar-refractivity contribution in [2.24, 2.45) is 4.99 Å². The van der Waals surface area contributed by atoms with Gasteiger partial charge in [0, 0.05) is 39.9 Å². The molecule has 1 aromatic carbocycles. The average molecular weight is 317 g/mol. The fraction of sp³-hybridized carbons (Fsp3) is 0.529. The summed E-state index contributed by atoms with van der Waals surface area (Å²) < 4.78 is 7.50. The van der Waals surface area contributed by atoms with Gasteiger partial charge in [0.15, 0.2) is 5.96 Å². The highest BCUT2D eigenvalue weighted by atomic mass is 16.5. The summed E-state index contributed by atoms with van der Waals surface area (Å²) in [6.07, 6.45) is 3.90. The van der Waals surface area contributed by atoms with Gasteiger partial charge in [0.1, 0.15) is 0 Å². The van der Waals surface area contributed by atoms with Gasteiger partial charge in [-0.05, 0) is 31.9 Å². The van der Waals surface area contributed by atoms with Crippen LogP contribution in [0.1, 0.15) is 19.8 Å². The topological polar surface area (TPSA) is 63.5 Å². The minimum Gasteiger partial charge on any atom is -0.382 e. The van der Waals surface area contributed by atoms with Gasteiger partial charge in [0.2, 0.25) is 0 Å². The smallest absolute Gasteiger partial charge is 0.190 e. The standard InChI is InChI=1S/C17H27N5O/c1-3-23-13-7-11-20-17(18-2)19-10-6-12-22-14-21-15-8-4-5-9-16(15)22/h4-5,8-9,14H,3,6-7,10-13H2,1-2H3,(H2,18,19,20). The molecule has 0 radical (unpaired) electrons. The van der Waals surface area contributed by atoms with Crippen LogP contribution in [0.25, 0.3) is 11.0 Å². The second-order valence-electron chi connectivity index (χ2n) is 5.26. The fourth-order valence-corrected chi connectivity index (χ4v) is 2.39. The van der Waals surface area contributed by atoms with E-state index in [1.165, 1.54) is 5.52 Å². The van der Waals surface area contributed by atoms with Crippen LogP contribution >= 0.6 is 0 Å². The fourth-order valence-electron chi connectivity index (χ4n) is 2.39. The maximum absolute atomic E-state index is 5.32. The Morgan fingerprint density at radius 3 is 2.78 bits per heavy atom. The Balaban J connectivity index is 1.65. The summed E-state index contributed by atoms with van der Waals surface area (Å²) in [7, 11) is 1.79. The van der Waals surface area contributed by atoms with Crippen molar-refractivity contribution in [3.8, 4) is 0 Å². The van der Waals surface area contributed by atoms with Gasteiger partial charge in [-0.15, -0.1) is 0 Å². The Bertz CT molecular complexity index is 608. The number of aromatic nitrogens is 2. The van der Waals surface area contributed by atoms with Crippen LogP contribution in [0.4, 0.5) is 0 Å². The Labute approximate surface area is 138 Å². The number of hydrogen-bond donors (Lipinski definition) is 2. The summed E-state index contributed by atoms with van der Waals surface area (Å²) in [5, 5.41) is 6.63. The van der Waals surface area contributed by atoms with E-state index < -0.39 is 0 Å². The van der Waals surface area contributed by atoms with Gasteiger partial charge < -0.3 is 19.9 Å². The number of ether oxygens (including phenoxy) is 1. The van der Waals surface area contributed by atoms with E-state index >= 15 is 0 Å². The van der Waals surface area contributed by atoms with Gasteiger partial charge >= 0.3 is 0 Å². The van der Waals surface area contributed by atoms with Crippen molar-refractivity contribution in [1.29, 1.82) is 0 Å². The number of imidazole rings is 1. The number of para-hydroxylation sites is 2. The molecule has 0 saturated carbocycles. The Morgan fingerprint density at radius 2 is 2.00 bits per heavy atom. The molecule has 0 aliphatic rings. The van der Waals surface area contributed by atoms with Gasteiger partial charge in [0.25, 0.3) is 0 Å². The molecule has 1 heterocycles. The normalized spacial score (nSPS) is 11.8. The molecule has 0 amide bonds. The summed E-state index contributed by atoms with van der Waals surface area (Å²) in [5.41, 5.74) is 2.23. The summed E-state index contributed by atoms with van der Waals surface area (Å²) in [5.74, 6) is 0.844. The molecule has 126 valence electrons. The predicted octanol–water partition coefficient (Wildman–Crippen LogP) is 2.02. The van der Waals surface area contributed by atoms with Crippen molar-refractivity contribution in [3.05, 3.63) is 30.6 Å². The zero-order valence-electron chi connectivity index (χ0n) is 14.1. The summed E-state index contributed by atoms with van der Waals surface area (Å²) in [6, 6.07) is 8.21. The molecule has 0 fully saturated rings. The number of fused-ring (bicyclic) bond motifs is 1. The second-order valence-corrected chi connectivity index (χ2v) is 5.26. The second kappa shape index (κ2) is 9.84. The first-order chi connectivity index (χ1) is 11.3. The third kappa shape index (κ3) is 5.56. The maximum atomic E-state index is 5.32. The average Bonchev–Trinajstić information content (AvgIpc) is 3.00. The number of nitrogens with one attached hydrogen (secondary N) is 2. The lowest BCUT2D eigenvalue weighted by Crippen LogP contribution is -2.38. The Hall–Kier alpha value is -2.08. The molecule has 2 aromatic rings. The molecule has 0 saturated heterocycles. The van der Waals surface area contributed by atoms with Gasteiger partial charge in [-0.3, -0.25) is 4.99 Å². The van der Waals surface area contributed by atoms with Crippen LogP contribution in [0.2, 0.25) is 0 Å². The van der Waals surface area contributed by atoms with Gasteiger partial charge in [-0.2, -0.15) is 0 Å². The molecule has 23 heavy (non-hydrogen) atoms. The molecule has 0 aliphatic carbocycles. The third-order valence-electron chi connectivity index (χ3n) is 3.58. The van der Waals surface area contributed by atoms with E-state index in [1.54, 1.807) is 7.05 Å². The zero-order chi connectivity index (χ0) is 16.3. The molecule has 0 spiro atoms. The van der Waals surface area contributed by atoms with Crippen molar-refractivity contribution in [2.75, 3.05) is 33.4 Å². The number of hydrogen-bond acceptors (Lipinski definition) is 3. The zero-order valence-corrected chi connectivity index (χ0v) is 14.1. The quantitative estimate of drug-likeness (QED) is 0.422. The molecule has 6 nitrogen and oxygen atoms in total. The van der Waals surface area contributed by atoms with Crippen LogP contribution in [0.3, 0.4) is 0 Å². The van der Waals surface area contributed by atoms with Crippen LogP contribution in [0.5, 0.6) is 0 Å². The largest absolute Gasteiger partial charge is 0.382 e. The lowest BCUT2D eigenvalue weighted by atomic mass is 10.3. The summed E-state index contributed by atoms with van der Waals surface area (Å²) in [4.78, 5) is 8.63. The highest BCUT2D eigenvalue weighted by Crippen LogP contribution is 2.11. The molecule has 0 bridgehead atoms. The van der Waals surface area contributed by atoms with E-state index in [1.807, 2.05) is 31.5 Å². The van der Waals surface area contributed by atoms with E-state index in [-0.39, 0.29) is 0 Å². The molecule has 0 aliphatic heterocycles. The Kier molecular flexibility index (Phi) is 7.39. The van der Waals surface area contributed by atoms with Crippen molar-refractivity contribution in [2.45, 2.75) is 26.3 Å². The Morgan fingerprint density at radius 1 is 1.22 bits per heavy atom. The predicted molar refractivity (Wildman–Crippen MR) is 94.8 cm³/mol. The van der Waals surface area contributed by atoms with Crippen LogP contribution in [0.15, 0.2) is 35.6 Å². The third-order valence-corrected chi connectivity index (χ3v) is 3.58. The summed E-state index contributed by atoms with van der Waals surface area (Å²) >= 11 is 0. The number of guanidine groups is 1. The van der Waals surface area contributed by atoms with Crippen molar-refractivity contribution in [1.82, 2.24) is 20.2 Å². The molecule has 2 N–H and O–H groups in total. The van der Waals surface area contributed by atoms with E-state index in [2.05, 4.69) is 31.2 Å². The van der Waals surface area contributed by atoms with Gasteiger partial charge in [0.05, 0.1) is 17.4 Å². The van der Waals surface area contributed by atoms with Crippen LogP contribution < -0.4 is 10.6 Å². The summed E-state index contributed by atoms with van der Waals surface area (Å²) in [6.45, 7) is 6.25. The first-order valence-electron chi connectivity index (χ1n) is 8.27. The number of rotatable bonds is 9. The molecule has 0 atom stereocenters. The van der Waals surface area contributed by atoms with Crippen LogP contribution in [-0.2, 0) is 11.3 Å². The van der Waals surface area contributed by atoms with Crippen molar-refractivity contribution in [3.63, 3.8) is 0 Å². The van der Waals surface area contributed by atoms with E-state index in [0.29, 0.717) is 0 Å². The van der Waals surface area contributed by atoms with Crippen LogP contribution in [0, 0.1) is 0 Å². The van der Waals surface area contributed by atoms with Crippen molar-refractivity contribution >= 4 is 17.0 Å². The lowest BCUT2D eigenvalue weighted by molar-refractivity contribution is 0.145. The van der Waals surface area contributed by atoms with Gasteiger partial charge in [-0.25, -0.2) is 4.98 Å². The maximum Gasteiger partial charge on any atom is 0.190 e. The molecule has 1 aromatic heterocycles. The number of nitrogens with zero attached hydrogens (tertiary/aromatic N) is 3. The minimum absolute atomic E-state index is 0.774. The first-order valence-corrected chi connectivity index (χ1v) is 8.27. The van der Waals surface area contributed by atoms with Crippen LogP contribution in [-0.4, -0.2) is 48.9 Å². The molecule has 2 rings (SSSR count). The van der Waals surface area contributed by atoms with Gasteiger partial charge in [-0.1, -0.05) is 12.1 Å². The monoisotopic (exact) mass is 317 g/mol. The van der Waals surface area contributed by atoms with E-state index in [4.69, 9.17) is 4.74 Å². The number of benzene rings is 1. The van der Waals surface area contributed by atoms with Crippen molar-refractivity contribution < 1.29 is 4.74 Å². The number of aliphatic imine (C=N–C) groups is 1. The lowest BCUT2D eigenvalue weighted by Gasteiger charge is -2.12.